The Balaban J connectivity index is 0.000000490. The molecule has 0 saturated carbocycles. The van der Waals surface area contributed by atoms with Crippen LogP contribution in [0.15, 0.2) is 11.7 Å². The monoisotopic (exact) mass is 146 g/mol. The number of nitriles is 1. The second kappa shape index (κ2) is 3.42. The highest BCUT2D eigenvalue weighted by molar-refractivity contribution is 7.10. The van der Waals surface area contributed by atoms with Gasteiger partial charge < -0.3 is 0 Å². The van der Waals surface area contributed by atoms with Gasteiger partial charge in [0, 0.05) is 0 Å². The summed E-state index contributed by atoms with van der Waals surface area (Å²) in [6.07, 6.45) is 1.55. The molecule has 2 nitrogen and oxygen atoms in total. The Labute approximate surface area is 57.2 Å². The predicted octanol–water partition coefficient (Wildman–Crippen LogP) is 1.44. The summed E-state index contributed by atoms with van der Waals surface area (Å²) in [4.78, 5) is 4.36. The van der Waals surface area contributed by atoms with Gasteiger partial charge in [0.2, 0.25) is 0 Å². The Morgan fingerprint density at radius 2 is 2.50 bits per heavy atom. The number of hydrogen-bond acceptors (Lipinski definition) is 3. The maximum Gasteiger partial charge on any atom is 0.124 e. The van der Waals surface area contributed by atoms with Gasteiger partial charge in [0.15, 0.2) is 0 Å². The first-order valence-electron chi connectivity index (χ1n) is 1.72. The molecule has 0 aliphatic carbocycles. The third-order valence-corrected chi connectivity index (χ3v) is 1.22. The number of hydrogen-bond donors (Lipinski definition) is 0. The van der Waals surface area contributed by atoms with Gasteiger partial charge in [-0.25, -0.2) is 0 Å². The van der Waals surface area contributed by atoms with Gasteiger partial charge >= 0.3 is 0 Å². The van der Waals surface area contributed by atoms with Crippen molar-refractivity contribution < 1.29 is 0 Å². The molecule has 0 bridgehead atoms. The summed E-state index contributed by atoms with van der Waals surface area (Å²) in [5.74, 6) is 0. The summed E-state index contributed by atoms with van der Waals surface area (Å²) in [5.41, 5.74) is 1.64. The van der Waals surface area contributed by atoms with Crippen LogP contribution >= 0.6 is 23.7 Å². The summed E-state index contributed by atoms with van der Waals surface area (Å²) in [6.45, 7) is 0. The minimum Gasteiger partial charge on any atom is -0.252 e. The molecule has 42 valence electrons. The second-order valence-electron chi connectivity index (χ2n) is 0.977. The van der Waals surface area contributed by atoms with E-state index in [4.69, 9.17) is 5.26 Å². The fourth-order valence-corrected chi connectivity index (χ4v) is 0.681. The lowest BCUT2D eigenvalue weighted by Gasteiger charge is -1.60. The Morgan fingerprint density at radius 3 is 2.75 bits per heavy atom. The van der Waals surface area contributed by atoms with Crippen molar-refractivity contribution in [1.29, 1.82) is 5.26 Å². The minimum atomic E-state index is 0. The normalized spacial score (nSPS) is 6.88. The van der Waals surface area contributed by atoms with Crippen molar-refractivity contribution >= 4 is 23.7 Å². The minimum absolute atomic E-state index is 0. The van der Waals surface area contributed by atoms with E-state index in [2.05, 4.69) is 4.98 Å². The average molecular weight is 147 g/mol. The van der Waals surface area contributed by atoms with Crippen LogP contribution in [0.3, 0.4) is 0 Å². The van der Waals surface area contributed by atoms with E-state index in [0.29, 0.717) is 4.88 Å². The number of thiazole rings is 1. The molecule has 0 fully saturated rings. The lowest BCUT2D eigenvalue weighted by atomic mass is 10.6. The SMILES string of the molecule is Cl.N#Cc1cncs1. The molecule has 0 atom stereocenters. The van der Waals surface area contributed by atoms with E-state index in [1.54, 1.807) is 11.7 Å². The van der Waals surface area contributed by atoms with Crippen molar-refractivity contribution in [2.75, 3.05) is 0 Å². The van der Waals surface area contributed by atoms with Crippen LogP contribution in [0.5, 0.6) is 0 Å². The first kappa shape index (κ1) is 7.41. The molecule has 0 aliphatic rings. The Bertz CT molecular complexity index is 176. The highest BCUT2D eigenvalue weighted by Crippen LogP contribution is 2.00. The number of halogens is 1. The molecule has 8 heavy (non-hydrogen) atoms. The van der Waals surface area contributed by atoms with Crippen molar-refractivity contribution in [3.8, 4) is 6.07 Å². The molecular weight excluding hydrogens is 144 g/mol. The van der Waals surface area contributed by atoms with E-state index < -0.39 is 0 Å². The fourth-order valence-electron chi connectivity index (χ4n) is 0.271. The highest BCUT2D eigenvalue weighted by atomic mass is 35.5. The summed E-state index contributed by atoms with van der Waals surface area (Å²) in [7, 11) is 0. The molecular formula is C4H3ClN2S. The van der Waals surface area contributed by atoms with Crippen molar-refractivity contribution in [3.63, 3.8) is 0 Å². The molecule has 1 aromatic heterocycles. The lowest BCUT2D eigenvalue weighted by Crippen LogP contribution is -1.53. The molecule has 0 aliphatic heterocycles. The smallest absolute Gasteiger partial charge is 0.124 e. The molecule has 0 saturated heterocycles. The van der Waals surface area contributed by atoms with E-state index in [9.17, 15) is 0 Å². The number of aromatic nitrogens is 1. The van der Waals surface area contributed by atoms with Crippen LogP contribution in [-0.2, 0) is 0 Å². The van der Waals surface area contributed by atoms with Gasteiger partial charge in [0.1, 0.15) is 10.9 Å². The van der Waals surface area contributed by atoms with Gasteiger partial charge in [0.25, 0.3) is 0 Å². The topological polar surface area (TPSA) is 36.7 Å². The van der Waals surface area contributed by atoms with Gasteiger partial charge in [-0.1, -0.05) is 0 Å². The molecule has 0 unspecified atom stereocenters. The molecule has 0 amide bonds. The molecule has 0 radical (unpaired) electrons. The summed E-state index contributed by atoms with van der Waals surface area (Å²) >= 11 is 1.35. The van der Waals surface area contributed by atoms with Crippen LogP contribution < -0.4 is 0 Å². The van der Waals surface area contributed by atoms with E-state index in [0.717, 1.165) is 0 Å². The third-order valence-electron chi connectivity index (χ3n) is 0.543. The van der Waals surface area contributed by atoms with Gasteiger partial charge in [-0.2, -0.15) is 5.26 Å². The van der Waals surface area contributed by atoms with Crippen LogP contribution in [0.2, 0.25) is 0 Å². The Hall–Kier alpha value is -0.590. The second-order valence-corrected chi connectivity index (χ2v) is 1.86. The summed E-state index contributed by atoms with van der Waals surface area (Å²) in [6, 6.07) is 1.96. The molecule has 0 aromatic carbocycles. The molecule has 1 rings (SSSR count). The van der Waals surface area contributed by atoms with E-state index in [-0.39, 0.29) is 12.4 Å². The standard InChI is InChI=1S/C4H2N2S.ClH/c5-1-4-2-6-3-7-4;/h2-3H;1H. The molecule has 1 heterocycles. The lowest BCUT2D eigenvalue weighted by molar-refractivity contribution is 1.41. The fraction of sp³-hybridized carbons (Fsp3) is 0. The first-order valence-corrected chi connectivity index (χ1v) is 2.60. The van der Waals surface area contributed by atoms with Crippen molar-refractivity contribution in [2.24, 2.45) is 0 Å². The molecule has 1 aromatic rings. The van der Waals surface area contributed by atoms with Gasteiger partial charge in [-0.15, -0.1) is 23.7 Å². The maximum atomic E-state index is 8.15. The van der Waals surface area contributed by atoms with Gasteiger partial charge in [-0.3, -0.25) is 4.98 Å². The van der Waals surface area contributed by atoms with Crippen molar-refractivity contribution in [3.05, 3.63) is 16.6 Å². The zero-order valence-corrected chi connectivity index (χ0v) is 5.50. The predicted molar refractivity (Wildman–Crippen MR) is 34.1 cm³/mol. The van der Waals surface area contributed by atoms with Gasteiger partial charge in [0.05, 0.1) is 11.7 Å². The van der Waals surface area contributed by atoms with Crippen LogP contribution in [-0.4, -0.2) is 4.98 Å². The van der Waals surface area contributed by atoms with Crippen LogP contribution in [0.4, 0.5) is 0 Å². The van der Waals surface area contributed by atoms with Crippen LogP contribution in [0.25, 0.3) is 0 Å². The van der Waals surface area contributed by atoms with E-state index >= 15 is 0 Å². The molecule has 0 spiro atoms. The summed E-state index contributed by atoms with van der Waals surface area (Å²) < 4.78 is 0. The quantitative estimate of drug-likeness (QED) is 0.555. The van der Waals surface area contributed by atoms with E-state index in [1.807, 2.05) is 6.07 Å². The summed E-state index contributed by atoms with van der Waals surface area (Å²) in [5, 5.41) is 8.15. The van der Waals surface area contributed by atoms with Crippen LogP contribution in [0.1, 0.15) is 4.88 Å². The highest BCUT2D eigenvalue weighted by Gasteiger charge is 1.84. The zero-order valence-electron chi connectivity index (χ0n) is 3.87. The van der Waals surface area contributed by atoms with Crippen LogP contribution in [0, 0.1) is 11.3 Å². The Morgan fingerprint density at radius 1 is 1.75 bits per heavy atom. The average Bonchev–Trinajstić information content (AvgIpc) is 2.14. The largest absolute Gasteiger partial charge is 0.252 e. The first-order chi connectivity index (χ1) is 3.43. The number of rotatable bonds is 0. The number of nitrogens with zero attached hydrogens (tertiary/aromatic N) is 2. The van der Waals surface area contributed by atoms with Crippen molar-refractivity contribution in [2.45, 2.75) is 0 Å². The maximum absolute atomic E-state index is 8.15. The third kappa shape index (κ3) is 1.49. The zero-order chi connectivity index (χ0) is 5.11. The van der Waals surface area contributed by atoms with Gasteiger partial charge in [-0.05, 0) is 0 Å². The van der Waals surface area contributed by atoms with E-state index in [1.165, 1.54) is 11.3 Å². The van der Waals surface area contributed by atoms with Crippen molar-refractivity contribution in [1.82, 2.24) is 4.98 Å². The Kier molecular flexibility index (Phi) is 3.16. The molecule has 4 heteroatoms. The molecule has 0 N–H and O–H groups in total.